The Bertz CT molecular complexity index is 930. The maximum atomic E-state index is 12.2. The zero-order chi connectivity index (χ0) is 19.9. The number of nitrogens with zero attached hydrogens (tertiary/aromatic N) is 2. The SMILES string of the molecule is CCOc1ccc(-c2nnc(SCC(=O)N[C@H](C)c3cccc(Cl)c3)o2)cc1. The number of ether oxygens (including phenoxy) is 1. The third kappa shape index (κ3) is 5.50. The van der Waals surface area contributed by atoms with E-state index in [2.05, 4.69) is 15.5 Å². The van der Waals surface area contributed by atoms with Gasteiger partial charge in [-0.2, -0.15) is 0 Å². The van der Waals surface area contributed by atoms with Crippen molar-refractivity contribution < 1.29 is 13.9 Å². The number of carbonyl (C=O) groups is 1. The van der Waals surface area contributed by atoms with E-state index in [0.717, 1.165) is 16.9 Å². The van der Waals surface area contributed by atoms with Crippen molar-refractivity contribution in [2.24, 2.45) is 0 Å². The largest absolute Gasteiger partial charge is 0.494 e. The molecule has 0 saturated heterocycles. The molecule has 3 rings (SSSR count). The van der Waals surface area contributed by atoms with E-state index >= 15 is 0 Å². The molecule has 28 heavy (non-hydrogen) atoms. The van der Waals surface area contributed by atoms with Crippen molar-refractivity contribution in [2.45, 2.75) is 25.1 Å². The highest BCUT2D eigenvalue weighted by Gasteiger charge is 2.14. The van der Waals surface area contributed by atoms with Crippen molar-refractivity contribution in [3.63, 3.8) is 0 Å². The van der Waals surface area contributed by atoms with E-state index in [-0.39, 0.29) is 17.7 Å². The molecule has 6 nitrogen and oxygen atoms in total. The molecule has 2 aromatic carbocycles. The van der Waals surface area contributed by atoms with Crippen LogP contribution in [0.5, 0.6) is 5.75 Å². The van der Waals surface area contributed by atoms with E-state index in [0.29, 0.717) is 22.7 Å². The Kier molecular flexibility index (Phi) is 6.95. The van der Waals surface area contributed by atoms with Gasteiger partial charge in [0.25, 0.3) is 5.22 Å². The highest BCUT2D eigenvalue weighted by atomic mass is 35.5. The lowest BCUT2D eigenvalue weighted by Gasteiger charge is -2.14. The van der Waals surface area contributed by atoms with Gasteiger partial charge < -0.3 is 14.5 Å². The molecule has 8 heteroatoms. The summed E-state index contributed by atoms with van der Waals surface area (Å²) in [6, 6.07) is 14.7. The number of hydrogen-bond acceptors (Lipinski definition) is 6. The second kappa shape index (κ2) is 9.61. The van der Waals surface area contributed by atoms with Crippen LogP contribution in [0.4, 0.5) is 0 Å². The standard InChI is InChI=1S/C20H20ClN3O3S/c1-3-26-17-9-7-14(8-10-17)19-23-24-20(27-19)28-12-18(25)22-13(2)15-5-4-6-16(21)11-15/h4-11,13H,3,12H2,1-2H3,(H,22,25)/t13-/m1/s1. The summed E-state index contributed by atoms with van der Waals surface area (Å²) in [6.45, 7) is 4.45. The predicted octanol–water partition coefficient (Wildman–Crippen LogP) is 4.76. The van der Waals surface area contributed by atoms with Crippen molar-refractivity contribution in [1.82, 2.24) is 15.5 Å². The number of carbonyl (C=O) groups excluding carboxylic acids is 1. The molecule has 0 fully saturated rings. The summed E-state index contributed by atoms with van der Waals surface area (Å²) in [6.07, 6.45) is 0. The first kappa shape index (κ1) is 20.2. The van der Waals surface area contributed by atoms with Crippen molar-refractivity contribution in [2.75, 3.05) is 12.4 Å². The van der Waals surface area contributed by atoms with Crippen LogP contribution >= 0.6 is 23.4 Å². The van der Waals surface area contributed by atoms with Crippen LogP contribution in [0, 0.1) is 0 Å². The lowest BCUT2D eigenvalue weighted by Crippen LogP contribution is -2.28. The van der Waals surface area contributed by atoms with Crippen LogP contribution < -0.4 is 10.1 Å². The maximum absolute atomic E-state index is 12.2. The van der Waals surface area contributed by atoms with Crippen molar-refractivity contribution >= 4 is 29.3 Å². The van der Waals surface area contributed by atoms with Gasteiger partial charge in [-0.15, -0.1) is 10.2 Å². The van der Waals surface area contributed by atoms with E-state index in [1.807, 2.05) is 56.3 Å². The molecule has 1 heterocycles. The first-order valence-corrected chi connectivity index (χ1v) is 10.2. The van der Waals surface area contributed by atoms with E-state index in [9.17, 15) is 4.79 Å². The molecule has 1 N–H and O–H groups in total. The molecular weight excluding hydrogens is 398 g/mol. The quantitative estimate of drug-likeness (QED) is 0.532. The number of benzene rings is 2. The van der Waals surface area contributed by atoms with Crippen molar-refractivity contribution in [3.05, 3.63) is 59.1 Å². The molecule has 3 aromatic rings. The van der Waals surface area contributed by atoms with E-state index < -0.39 is 0 Å². The lowest BCUT2D eigenvalue weighted by atomic mass is 10.1. The third-order valence-electron chi connectivity index (χ3n) is 3.87. The summed E-state index contributed by atoms with van der Waals surface area (Å²) >= 11 is 7.18. The number of rotatable bonds is 8. The molecule has 1 amide bonds. The van der Waals surface area contributed by atoms with Crippen LogP contribution in [0.1, 0.15) is 25.5 Å². The normalized spacial score (nSPS) is 11.8. The van der Waals surface area contributed by atoms with E-state index in [4.69, 9.17) is 20.8 Å². The summed E-state index contributed by atoms with van der Waals surface area (Å²) in [7, 11) is 0. The van der Waals surface area contributed by atoms with Crippen LogP contribution in [0.2, 0.25) is 5.02 Å². The van der Waals surface area contributed by atoms with Crippen molar-refractivity contribution in [1.29, 1.82) is 0 Å². The summed E-state index contributed by atoms with van der Waals surface area (Å²) in [4.78, 5) is 12.2. The van der Waals surface area contributed by atoms with Gasteiger partial charge in [0.2, 0.25) is 11.8 Å². The molecule has 1 atom stereocenters. The fourth-order valence-electron chi connectivity index (χ4n) is 2.51. The van der Waals surface area contributed by atoms with Gasteiger partial charge in [-0.25, -0.2) is 0 Å². The number of hydrogen-bond donors (Lipinski definition) is 1. The average molecular weight is 418 g/mol. The third-order valence-corrected chi connectivity index (χ3v) is 4.93. The van der Waals surface area contributed by atoms with Crippen LogP contribution in [-0.2, 0) is 4.79 Å². The van der Waals surface area contributed by atoms with Crippen LogP contribution in [0.3, 0.4) is 0 Å². The Balaban J connectivity index is 1.53. The Morgan fingerprint density at radius 2 is 2.04 bits per heavy atom. The highest BCUT2D eigenvalue weighted by Crippen LogP contribution is 2.25. The van der Waals surface area contributed by atoms with Crippen LogP contribution in [0.15, 0.2) is 58.2 Å². The van der Waals surface area contributed by atoms with Gasteiger partial charge in [-0.05, 0) is 55.8 Å². The summed E-state index contributed by atoms with van der Waals surface area (Å²) < 4.78 is 11.0. The topological polar surface area (TPSA) is 77.2 Å². The minimum atomic E-state index is -0.145. The van der Waals surface area contributed by atoms with Gasteiger partial charge in [0.1, 0.15) is 5.75 Å². The number of aromatic nitrogens is 2. The molecule has 0 radical (unpaired) electrons. The van der Waals surface area contributed by atoms with E-state index in [1.54, 1.807) is 6.07 Å². The summed E-state index contributed by atoms with van der Waals surface area (Å²) in [5.74, 6) is 1.23. The number of thioether (sulfide) groups is 1. The van der Waals surface area contributed by atoms with Gasteiger partial charge >= 0.3 is 0 Å². The fraction of sp³-hybridized carbons (Fsp3) is 0.250. The highest BCUT2D eigenvalue weighted by molar-refractivity contribution is 7.99. The Morgan fingerprint density at radius 1 is 1.25 bits per heavy atom. The first-order valence-electron chi connectivity index (χ1n) is 8.79. The monoisotopic (exact) mass is 417 g/mol. The zero-order valence-corrected chi connectivity index (χ0v) is 17.1. The fourth-order valence-corrected chi connectivity index (χ4v) is 3.29. The minimum absolute atomic E-state index is 0.127. The van der Waals surface area contributed by atoms with Gasteiger partial charge in [0.05, 0.1) is 18.4 Å². The predicted molar refractivity (Wildman–Crippen MR) is 110 cm³/mol. The van der Waals surface area contributed by atoms with Crippen LogP contribution in [-0.4, -0.2) is 28.5 Å². The molecule has 146 valence electrons. The molecule has 0 unspecified atom stereocenters. The first-order chi connectivity index (χ1) is 13.5. The molecule has 0 bridgehead atoms. The molecule has 0 aliphatic carbocycles. The molecular formula is C20H20ClN3O3S. The van der Waals surface area contributed by atoms with Gasteiger partial charge in [0.15, 0.2) is 0 Å². The number of amides is 1. The maximum Gasteiger partial charge on any atom is 0.277 e. The molecule has 1 aromatic heterocycles. The average Bonchev–Trinajstić information content (AvgIpc) is 3.16. The summed E-state index contributed by atoms with van der Waals surface area (Å²) in [5, 5.41) is 11.9. The Morgan fingerprint density at radius 3 is 2.75 bits per heavy atom. The van der Waals surface area contributed by atoms with Crippen molar-refractivity contribution in [3.8, 4) is 17.2 Å². The zero-order valence-electron chi connectivity index (χ0n) is 15.5. The van der Waals surface area contributed by atoms with Gasteiger partial charge in [-0.1, -0.05) is 35.5 Å². The molecule has 0 saturated carbocycles. The second-order valence-corrected chi connectivity index (χ2v) is 7.33. The molecule has 0 spiro atoms. The molecule has 0 aliphatic rings. The smallest absolute Gasteiger partial charge is 0.277 e. The summed E-state index contributed by atoms with van der Waals surface area (Å²) in [5.41, 5.74) is 1.74. The molecule has 0 aliphatic heterocycles. The number of nitrogens with one attached hydrogen (secondary N) is 1. The lowest BCUT2D eigenvalue weighted by molar-refractivity contribution is -0.119. The van der Waals surface area contributed by atoms with E-state index in [1.165, 1.54) is 11.8 Å². The number of halogens is 1. The minimum Gasteiger partial charge on any atom is -0.494 e. The van der Waals surface area contributed by atoms with Gasteiger partial charge in [-0.3, -0.25) is 4.79 Å². The van der Waals surface area contributed by atoms with Crippen LogP contribution in [0.25, 0.3) is 11.5 Å². The van der Waals surface area contributed by atoms with Gasteiger partial charge in [0, 0.05) is 10.6 Å². The second-order valence-electron chi connectivity index (χ2n) is 5.96. The Hall–Kier alpha value is -2.51. The Labute approximate surface area is 172 Å².